The van der Waals surface area contributed by atoms with Gasteiger partial charge in [0.25, 0.3) is 0 Å². The first-order chi connectivity index (χ1) is 6.20. The third-order valence-electron chi connectivity index (χ3n) is 1.83. The average Bonchev–Trinajstić information content (AvgIpc) is 2.12. The summed E-state index contributed by atoms with van der Waals surface area (Å²) < 4.78 is 0. The van der Waals surface area contributed by atoms with Crippen LogP contribution in [0.3, 0.4) is 0 Å². The van der Waals surface area contributed by atoms with Gasteiger partial charge in [0, 0.05) is 17.4 Å². The van der Waals surface area contributed by atoms with Gasteiger partial charge in [0.2, 0.25) is 0 Å². The molecule has 1 aromatic rings. The smallest absolute Gasteiger partial charge is 0.153 e. The molecular weight excluding hydrogens is 188 g/mol. The number of hydrogen-bond donors (Lipinski definition) is 1. The van der Waals surface area contributed by atoms with Crippen molar-refractivity contribution in [2.75, 3.05) is 5.73 Å². The van der Waals surface area contributed by atoms with E-state index < -0.39 is 0 Å². The van der Waals surface area contributed by atoms with Crippen molar-refractivity contribution in [3.8, 4) is 0 Å². The Morgan fingerprint density at radius 1 is 1.69 bits per heavy atom. The number of hydrogen-bond acceptors (Lipinski definition) is 3. The molecule has 0 aromatic carbocycles. The zero-order chi connectivity index (χ0) is 9.84. The van der Waals surface area contributed by atoms with Crippen LogP contribution in [-0.2, 0) is 6.42 Å². The Balaban J connectivity index is 3.21. The largest absolute Gasteiger partial charge is 0.398 e. The standard InChI is InChI=1S/C9H11ClN2O/c1-2-3-7-8(11)6(5-13)4-12-9(7)10/h4-5H,2-3H2,1H3,(H2,11,12). The SMILES string of the molecule is CCCc1c(Cl)ncc(C=O)c1N. The summed E-state index contributed by atoms with van der Waals surface area (Å²) in [6.45, 7) is 2.02. The number of nitrogens with two attached hydrogens (primary N) is 1. The summed E-state index contributed by atoms with van der Waals surface area (Å²) in [6, 6.07) is 0. The van der Waals surface area contributed by atoms with Crippen LogP contribution >= 0.6 is 11.6 Å². The molecule has 0 bridgehead atoms. The van der Waals surface area contributed by atoms with E-state index in [-0.39, 0.29) is 0 Å². The summed E-state index contributed by atoms with van der Waals surface area (Å²) in [5.41, 5.74) is 7.36. The van der Waals surface area contributed by atoms with Gasteiger partial charge < -0.3 is 5.73 Å². The molecule has 0 atom stereocenters. The van der Waals surface area contributed by atoms with Crippen molar-refractivity contribution >= 4 is 23.6 Å². The van der Waals surface area contributed by atoms with Gasteiger partial charge in [-0.2, -0.15) is 0 Å². The minimum absolute atomic E-state index is 0.393. The van der Waals surface area contributed by atoms with Crippen LogP contribution < -0.4 is 5.73 Å². The molecule has 70 valence electrons. The monoisotopic (exact) mass is 198 g/mol. The van der Waals surface area contributed by atoms with Crippen LogP contribution in [-0.4, -0.2) is 11.3 Å². The van der Waals surface area contributed by atoms with Gasteiger partial charge in [-0.3, -0.25) is 4.79 Å². The number of rotatable bonds is 3. The fraction of sp³-hybridized carbons (Fsp3) is 0.333. The maximum Gasteiger partial charge on any atom is 0.153 e. The number of aromatic nitrogens is 1. The van der Waals surface area contributed by atoms with Crippen LogP contribution in [0.15, 0.2) is 6.20 Å². The number of pyridine rings is 1. The highest BCUT2D eigenvalue weighted by molar-refractivity contribution is 6.30. The molecule has 2 N–H and O–H groups in total. The molecule has 0 radical (unpaired) electrons. The van der Waals surface area contributed by atoms with Crippen molar-refractivity contribution in [3.63, 3.8) is 0 Å². The zero-order valence-corrected chi connectivity index (χ0v) is 8.14. The summed E-state index contributed by atoms with van der Waals surface area (Å²) in [7, 11) is 0. The molecule has 3 nitrogen and oxygen atoms in total. The summed E-state index contributed by atoms with van der Waals surface area (Å²) in [4.78, 5) is 14.4. The highest BCUT2D eigenvalue weighted by Gasteiger charge is 2.09. The van der Waals surface area contributed by atoms with Crippen LogP contribution in [0, 0.1) is 0 Å². The Morgan fingerprint density at radius 2 is 2.38 bits per heavy atom. The summed E-state index contributed by atoms with van der Waals surface area (Å²) in [5, 5.41) is 0.393. The molecular formula is C9H11ClN2O. The quantitative estimate of drug-likeness (QED) is 0.598. The van der Waals surface area contributed by atoms with Crippen molar-refractivity contribution in [1.29, 1.82) is 0 Å². The molecule has 1 heterocycles. The Labute approximate surface area is 81.9 Å². The second-order valence-corrected chi connectivity index (χ2v) is 3.12. The molecule has 1 rings (SSSR count). The molecule has 0 aliphatic heterocycles. The fourth-order valence-corrected chi connectivity index (χ4v) is 1.39. The lowest BCUT2D eigenvalue weighted by molar-refractivity contribution is 0.112. The van der Waals surface area contributed by atoms with Gasteiger partial charge in [0.05, 0.1) is 5.56 Å². The van der Waals surface area contributed by atoms with Crippen LogP contribution in [0.2, 0.25) is 5.15 Å². The van der Waals surface area contributed by atoms with Crippen molar-refractivity contribution in [2.45, 2.75) is 19.8 Å². The van der Waals surface area contributed by atoms with Crippen LogP contribution in [0.1, 0.15) is 29.3 Å². The number of aldehydes is 1. The molecule has 0 spiro atoms. The van der Waals surface area contributed by atoms with E-state index in [0.717, 1.165) is 18.4 Å². The van der Waals surface area contributed by atoms with E-state index in [1.807, 2.05) is 6.92 Å². The normalized spacial score (nSPS) is 10.0. The topological polar surface area (TPSA) is 56.0 Å². The van der Waals surface area contributed by atoms with Crippen molar-refractivity contribution in [1.82, 2.24) is 4.98 Å². The number of nitrogens with zero attached hydrogens (tertiary/aromatic N) is 1. The highest BCUT2D eigenvalue weighted by atomic mass is 35.5. The van der Waals surface area contributed by atoms with E-state index >= 15 is 0 Å². The molecule has 0 saturated carbocycles. The van der Waals surface area contributed by atoms with E-state index in [4.69, 9.17) is 17.3 Å². The highest BCUT2D eigenvalue weighted by Crippen LogP contribution is 2.23. The van der Waals surface area contributed by atoms with E-state index in [9.17, 15) is 4.79 Å². The molecule has 0 saturated heterocycles. The first-order valence-electron chi connectivity index (χ1n) is 4.08. The van der Waals surface area contributed by atoms with E-state index in [1.165, 1.54) is 6.20 Å². The Bertz CT molecular complexity index is 326. The van der Waals surface area contributed by atoms with Gasteiger partial charge in [-0.05, 0) is 6.42 Å². The van der Waals surface area contributed by atoms with E-state index in [0.29, 0.717) is 22.7 Å². The summed E-state index contributed by atoms with van der Waals surface area (Å²) in [5.74, 6) is 0. The van der Waals surface area contributed by atoms with E-state index in [2.05, 4.69) is 4.98 Å². The predicted molar refractivity (Wildman–Crippen MR) is 53.0 cm³/mol. The molecule has 4 heteroatoms. The van der Waals surface area contributed by atoms with Crippen LogP contribution in [0.4, 0.5) is 5.69 Å². The first-order valence-corrected chi connectivity index (χ1v) is 4.46. The second kappa shape index (κ2) is 4.23. The van der Waals surface area contributed by atoms with Crippen LogP contribution in [0.25, 0.3) is 0 Å². The van der Waals surface area contributed by atoms with Gasteiger partial charge in [-0.15, -0.1) is 0 Å². The fourth-order valence-electron chi connectivity index (χ4n) is 1.14. The molecule has 13 heavy (non-hydrogen) atoms. The number of carbonyl (C=O) groups is 1. The third-order valence-corrected chi connectivity index (χ3v) is 2.15. The zero-order valence-electron chi connectivity index (χ0n) is 7.38. The molecule has 1 aromatic heterocycles. The van der Waals surface area contributed by atoms with Gasteiger partial charge in [-0.25, -0.2) is 4.98 Å². The number of halogens is 1. The van der Waals surface area contributed by atoms with Crippen molar-refractivity contribution in [3.05, 3.63) is 22.5 Å². The number of carbonyl (C=O) groups excluding carboxylic acids is 1. The lowest BCUT2D eigenvalue weighted by Crippen LogP contribution is -2.01. The van der Waals surface area contributed by atoms with Gasteiger partial charge in [0.1, 0.15) is 5.15 Å². The maximum absolute atomic E-state index is 10.5. The first kappa shape index (κ1) is 9.99. The Morgan fingerprint density at radius 3 is 2.92 bits per heavy atom. The number of anilines is 1. The third kappa shape index (κ3) is 1.98. The van der Waals surface area contributed by atoms with Gasteiger partial charge in [-0.1, -0.05) is 24.9 Å². The van der Waals surface area contributed by atoms with Gasteiger partial charge >= 0.3 is 0 Å². The summed E-state index contributed by atoms with van der Waals surface area (Å²) in [6.07, 6.45) is 3.76. The molecule has 0 aliphatic carbocycles. The molecule has 0 amide bonds. The van der Waals surface area contributed by atoms with E-state index in [1.54, 1.807) is 0 Å². The molecule has 0 fully saturated rings. The van der Waals surface area contributed by atoms with Crippen LogP contribution in [0.5, 0.6) is 0 Å². The minimum atomic E-state index is 0.393. The number of nitrogen functional groups attached to an aromatic ring is 1. The lowest BCUT2D eigenvalue weighted by atomic mass is 10.1. The molecule has 0 unspecified atom stereocenters. The van der Waals surface area contributed by atoms with Crippen molar-refractivity contribution < 1.29 is 4.79 Å². The molecule has 0 aliphatic rings. The minimum Gasteiger partial charge on any atom is -0.398 e. The Kier molecular flexibility index (Phi) is 3.25. The van der Waals surface area contributed by atoms with Gasteiger partial charge in [0.15, 0.2) is 6.29 Å². The second-order valence-electron chi connectivity index (χ2n) is 2.76. The average molecular weight is 199 g/mol. The lowest BCUT2D eigenvalue weighted by Gasteiger charge is -2.07. The Hall–Kier alpha value is -1.09. The maximum atomic E-state index is 10.5. The predicted octanol–water partition coefficient (Wildman–Crippen LogP) is 2.08. The van der Waals surface area contributed by atoms with Crippen molar-refractivity contribution in [2.24, 2.45) is 0 Å². The summed E-state index contributed by atoms with van der Waals surface area (Å²) >= 11 is 5.83.